The van der Waals surface area contributed by atoms with Crippen LogP contribution in [0.2, 0.25) is 5.02 Å². The second-order valence-electron chi connectivity index (χ2n) is 6.29. The van der Waals surface area contributed by atoms with E-state index in [-0.39, 0.29) is 0 Å². The molecule has 1 aromatic carbocycles. The van der Waals surface area contributed by atoms with Crippen LogP contribution in [0.15, 0.2) is 36.5 Å². The molecule has 0 amide bonds. The molecule has 1 saturated heterocycles. The summed E-state index contributed by atoms with van der Waals surface area (Å²) < 4.78 is 0. The van der Waals surface area contributed by atoms with Gasteiger partial charge in [-0.1, -0.05) is 32.4 Å². The molecule has 1 N–H and O–H groups in total. The van der Waals surface area contributed by atoms with Crippen molar-refractivity contribution in [2.24, 2.45) is 5.92 Å². The average molecular weight is 417 g/mol. The highest BCUT2D eigenvalue weighted by Crippen LogP contribution is 2.31. The first-order chi connectivity index (χ1) is 14.2. The van der Waals surface area contributed by atoms with Gasteiger partial charge in [-0.05, 0) is 49.1 Å². The van der Waals surface area contributed by atoms with Crippen molar-refractivity contribution in [1.82, 2.24) is 15.0 Å². The third-order valence-corrected chi connectivity index (χ3v) is 4.80. The summed E-state index contributed by atoms with van der Waals surface area (Å²) in [7, 11) is 0. The number of benzene rings is 1. The van der Waals surface area contributed by atoms with E-state index in [0.717, 1.165) is 47.2 Å². The lowest BCUT2D eigenvalue weighted by Crippen LogP contribution is -2.33. The minimum atomic E-state index is 0.712. The van der Waals surface area contributed by atoms with Gasteiger partial charge in [0.15, 0.2) is 0 Å². The zero-order chi connectivity index (χ0) is 21.8. The van der Waals surface area contributed by atoms with E-state index < -0.39 is 0 Å². The minimum absolute atomic E-state index is 0.712. The molecule has 3 heterocycles. The van der Waals surface area contributed by atoms with Crippen molar-refractivity contribution in [3.05, 3.63) is 41.6 Å². The van der Waals surface area contributed by atoms with E-state index in [9.17, 15) is 0 Å². The summed E-state index contributed by atoms with van der Waals surface area (Å²) in [4.78, 5) is 31.1. The van der Waals surface area contributed by atoms with Crippen molar-refractivity contribution in [2.75, 3.05) is 18.0 Å². The number of carbonyl (C=O) groups excluding carboxylic acids is 2. The molecule has 6 nitrogen and oxygen atoms in total. The Morgan fingerprint density at radius 3 is 2.41 bits per heavy atom. The number of carbonyl (C=O) groups is 2. The first-order valence-electron chi connectivity index (χ1n) is 9.64. The molecule has 3 aromatic rings. The monoisotopic (exact) mass is 416 g/mol. The number of aromatic nitrogens is 3. The van der Waals surface area contributed by atoms with Crippen molar-refractivity contribution in [1.29, 1.82) is 0 Å². The molecule has 29 heavy (non-hydrogen) atoms. The van der Waals surface area contributed by atoms with Crippen LogP contribution in [0.25, 0.3) is 22.4 Å². The van der Waals surface area contributed by atoms with E-state index in [1.54, 1.807) is 0 Å². The smallest absolute Gasteiger partial charge is 0.142 e. The van der Waals surface area contributed by atoms with Crippen LogP contribution in [0.3, 0.4) is 0 Å². The van der Waals surface area contributed by atoms with Gasteiger partial charge >= 0.3 is 0 Å². The van der Waals surface area contributed by atoms with Gasteiger partial charge in [0.25, 0.3) is 0 Å². The molecule has 1 aliphatic rings. The largest absolute Gasteiger partial charge is 0.356 e. The lowest BCUT2D eigenvalue weighted by molar-refractivity contribution is -0.0987. The number of hydrogen-bond donors (Lipinski definition) is 1. The van der Waals surface area contributed by atoms with Gasteiger partial charge in [0.05, 0.1) is 16.6 Å². The van der Waals surface area contributed by atoms with Gasteiger partial charge in [-0.2, -0.15) is 0 Å². The van der Waals surface area contributed by atoms with Crippen LogP contribution < -0.4 is 4.90 Å². The Hall–Kier alpha value is -2.73. The van der Waals surface area contributed by atoms with Crippen LogP contribution >= 0.6 is 11.6 Å². The predicted octanol–water partition coefficient (Wildman–Crippen LogP) is 5.17. The SMILES string of the molecule is C=O.C=O.CC.CC1CCN(c2ncccc2-c2nc3ccc(Cl)cc3[nH]2)CC1. The second kappa shape index (κ2) is 12.7. The van der Waals surface area contributed by atoms with E-state index in [0.29, 0.717) is 5.02 Å². The molecule has 0 saturated carbocycles. The van der Waals surface area contributed by atoms with E-state index in [1.165, 1.54) is 12.8 Å². The van der Waals surface area contributed by atoms with Crippen molar-refractivity contribution >= 4 is 42.0 Å². The maximum atomic E-state index is 8.00. The summed E-state index contributed by atoms with van der Waals surface area (Å²) in [6, 6.07) is 9.76. The topological polar surface area (TPSA) is 79.0 Å². The van der Waals surface area contributed by atoms with Crippen LogP contribution in [0.4, 0.5) is 5.82 Å². The molecule has 1 fully saturated rings. The number of nitrogens with one attached hydrogen (secondary N) is 1. The molecular formula is C22H29ClN4O2. The van der Waals surface area contributed by atoms with Crippen LogP contribution in [0, 0.1) is 5.92 Å². The normalized spacial score (nSPS) is 13.3. The second-order valence-corrected chi connectivity index (χ2v) is 6.73. The fourth-order valence-electron chi connectivity index (χ4n) is 3.16. The average Bonchev–Trinajstić information content (AvgIpc) is 3.21. The zero-order valence-corrected chi connectivity index (χ0v) is 18.1. The Bertz CT molecular complexity index is 874. The Labute approximate surface area is 177 Å². The van der Waals surface area contributed by atoms with Crippen LogP contribution in [-0.2, 0) is 9.59 Å². The zero-order valence-electron chi connectivity index (χ0n) is 17.3. The maximum absolute atomic E-state index is 8.00. The summed E-state index contributed by atoms with van der Waals surface area (Å²) in [5, 5.41) is 0.712. The maximum Gasteiger partial charge on any atom is 0.142 e. The predicted molar refractivity (Wildman–Crippen MR) is 121 cm³/mol. The first kappa shape index (κ1) is 24.3. The summed E-state index contributed by atoms with van der Waals surface area (Å²) in [5.74, 6) is 2.67. The van der Waals surface area contributed by atoms with Crippen LogP contribution in [0.1, 0.15) is 33.6 Å². The number of nitrogens with zero attached hydrogens (tertiary/aromatic N) is 3. The number of anilines is 1. The minimum Gasteiger partial charge on any atom is -0.356 e. The van der Waals surface area contributed by atoms with E-state index in [2.05, 4.69) is 27.9 Å². The van der Waals surface area contributed by atoms with Gasteiger partial charge < -0.3 is 19.5 Å². The number of piperidine rings is 1. The Kier molecular flexibility index (Phi) is 10.6. The quantitative estimate of drug-likeness (QED) is 0.623. The van der Waals surface area contributed by atoms with Gasteiger partial charge in [-0.3, -0.25) is 0 Å². The number of pyridine rings is 1. The highest BCUT2D eigenvalue weighted by Gasteiger charge is 2.21. The fraction of sp³-hybridized carbons (Fsp3) is 0.364. The highest BCUT2D eigenvalue weighted by molar-refractivity contribution is 6.31. The van der Waals surface area contributed by atoms with Crippen molar-refractivity contribution < 1.29 is 9.59 Å². The molecule has 0 unspecified atom stereocenters. The number of rotatable bonds is 2. The van der Waals surface area contributed by atoms with E-state index in [4.69, 9.17) is 26.2 Å². The molecule has 0 bridgehead atoms. The number of hydrogen-bond acceptors (Lipinski definition) is 5. The molecule has 0 radical (unpaired) electrons. The summed E-state index contributed by atoms with van der Waals surface area (Å²) in [6.45, 7) is 12.4. The third-order valence-electron chi connectivity index (χ3n) is 4.57. The number of aromatic amines is 1. The number of halogens is 1. The molecule has 2 aromatic heterocycles. The summed E-state index contributed by atoms with van der Waals surface area (Å²) >= 11 is 6.07. The van der Waals surface area contributed by atoms with Crippen LogP contribution in [0.5, 0.6) is 0 Å². The standard InChI is InChI=1S/C18H19ClN4.C2H6.2CH2O/c1-12-6-9-23(10-7-12)18-14(3-2-8-20-18)17-21-15-5-4-13(19)11-16(15)22-17;3*1-2/h2-5,8,11-12H,6-7,9-10H2,1H3,(H,21,22);1-2H3;2*1H2. The first-order valence-corrected chi connectivity index (χ1v) is 10.0. The fourth-order valence-corrected chi connectivity index (χ4v) is 3.34. The van der Waals surface area contributed by atoms with Gasteiger partial charge in [0, 0.05) is 24.3 Å². The number of imidazole rings is 1. The van der Waals surface area contributed by atoms with Crippen LogP contribution in [-0.4, -0.2) is 41.6 Å². The molecule has 0 spiro atoms. The highest BCUT2D eigenvalue weighted by atomic mass is 35.5. The molecule has 0 aliphatic carbocycles. The molecule has 4 rings (SSSR count). The summed E-state index contributed by atoms with van der Waals surface area (Å²) in [6.07, 6.45) is 4.29. The van der Waals surface area contributed by atoms with Gasteiger partial charge in [0.1, 0.15) is 25.2 Å². The number of H-pyrrole nitrogens is 1. The number of fused-ring (bicyclic) bond motifs is 1. The van der Waals surface area contributed by atoms with Gasteiger partial charge in [-0.25, -0.2) is 9.97 Å². The van der Waals surface area contributed by atoms with Crippen molar-refractivity contribution in [3.8, 4) is 11.4 Å². The summed E-state index contributed by atoms with van der Waals surface area (Å²) in [5.41, 5.74) is 2.93. The molecule has 1 aliphatic heterocycles. The van der Waals surface area contributed by atoms with Crippen molar-refractivity contribution in [3.63, 3.8) is 0 Å². The molecule has 156 valence electrons. The third kappa shape index (κ3) is 6.12. The lowest BCUT2D eigenvalue weighted by Gasteiger charge is -2.32. The molecule has 0 atom stereocenters. The lowest BCUT2D eigenvalue weighted by atomic mass is 9.99. The van der Waals surface area contributed by atoms with E-state index in [1.807, 2.05) is 57.9 Å². The Morgan fingerprint density at radius 2 is 1.76 bits per heavy atom. The van der Waals surface area contributed by atoms with Gasteiger partial charge in [0.2, 0.25) is 0 Å². The van der Waals surface area contributed by atoms with Gasteiger partial charge in [-0.15, -0.1) is 0 Å². The molecule has 7 heteroatoms. The Morgan fingerprint density at radius 1 is 1.10 bits per heavy atom. The molecular weight excluding hydrogens is 388 g/mol. The van der Waals surface area contributed by atoms with Crippen molar-refractivity contribution in [2.45, 2.75) is 33.6 Å². The van der Waals surface area contributed by atoms with E-state index >= 15 is 0 Å². The Balaban J connectivity index is 0.000000644.